The molecule has 0 aromatic rings. The van der Waals surface area contributed by atoms with E-state index in [9.17, 15) is 19.0 Å². The van der Waals surface area contributed by atoms with Gasteiger partial charge in [-0.3, -0.25) is 18.6 Å². The lowest BCUT2D eigenvalue weighted by molar-refractivity contribution is -0.870. The minimum Gasteiger partial charge on any atom is -0.456 e. The first-order valence-corrected chi connectivity index (χ1v) is 36.5. The number of carbonyl (C=O) groups is 2. The van der Waals surface area contributed by atoms with Crippen LogP contribution >= 0.6 is 7.82 Å². The van der Waals surface area contributed by atoms with Gasteiger partial charge in [0, 0.05) is 12.8 Å². The SMILES string of the molecule is CC/C=C\C/C=C\C/C=C\C/C=C\C/C=C\CCCCCCCCCCCC(=O)OC(/C=C/CCCCCCCCCCCC)C(COP(=O)(O)OCC[N+](C)(C)C)NC(=O)CCCCCCCCC/C=C\C/C=C\C/C=C\C/C=C\C/C=C\CC. The van der Waals surface area contributed by atoms with E-state index in [0.29, 0.717) is 17.4 Å². The summed E-state index contributed by atoms with van der Waals surface area (Å²) in [6.45, 7) is 6.77. The van der Waals surface area contributed by atoms with Gasteiger partial charge in [0.05, 0.1) is 33.8 Å². The Labute approximate surface area is 530 Å². The van der Waals surface area contributed by atoms with Crippen molar-refractivity contribution in [3.8, 4) is 0 Å². The maximum atomic E-state index is 13.6. The third-order valence-electron chi connectivity index (χ3n) is 14.8. The number of hydrogen-bond acceptors (Lipinski definition) is 6. The van der Waals surface area contributed by atoms with Gasteiger partial charge >= 0.3 is 13.8 Å². The molecule has 1 amide bonds. The summed E-state index contributed by atoms with van der Waals surface area (Å²) in [4.78, 5) is 37.9. The number of hydrogen-bond donors (Lipinski definition) is 2. The Balaban J connectivity index is 5.14. The zero-order valence-corrected chi connectivity index (χ0v) is 57.2. The number of nitrogens with zero attached hydrogens (tertiary/aromatic N) is 1. The fourth-order valence-corrected chi connectivity index (χ4v) is 10.3. The zero-order chi connectivity index (χ0) is 62.8. The van der Waals surface area contributed by atoms with Gasteiger partial charge in [-0.15, -0.1) is 0 Å². The summed E-state index contributed by atoms with van der Waals surface area (Å²) in [7, 11) is 1.47. The molecule has 0 aliphatic heterocycles. The fourth-order valence-electron chi connectivity index (χ4n) is 9.52. The molecule has 0 aliphatic rings. The Bertz CT molecular complexity index is 1930. The number of phosphoric ester groups is 1. The van der Waals surface area contributed by atoms with E-state index >= 15 is 0 Å². The third-order valence-corrected chi connectivity index (χ3v) is 15.8. The minimum absolute atomic E-state index is 0.0300. The fraction of sp³-hybridized carbons (Fsp3) is 0.684. The second-order valence-corrected chi connectivity index (χ2v) is 25.7. The highest BCUT2D eigenvalue weighted by molar-refractivity contribution is 7.47. The van der Waals surface area contributed by atoms with E-state index in [1.54, 1.807) is 0 Å². The molecule has 0 fully saturated rings. The number of unbranched alkanes of at least 4 members (excludes halogenated alkanes) is 26. The Hall–Kier alpha value is -3.85. The molecular weight excluding hydrogens is 1080 g/mol. The predicted molar refractivity (Wildman–Crippen MR) is 373 cm³/mol. The Morgan fingerprint density at radius 2 is 0.744 bits per heavy atom. The topological polar surface area (TPSA) is 111 Å². The van der Waals surface area contributed by atoms with Crippen molar-refractivity contribution in [3.63, 3.8) is 0 Å². The van der Waals surface area contributed by atoms with Crippen molar-refractivity contribution in [1.82, 2.24) is 5.32 Å². The highest BCUT2D eigenvalue weighted by atomic mass is 31.2. The molecule has 3 atom stereocenters. The van der Waals surface area contributed by atoms with Crippen LogP contribution in [0.4, 0.5) is 0 Å². The molecule has 0 aliphatic carbocycles. The maximum absolute atomic E-state index is 13.6. The number of allylic oxidation sites excluding steroid dienone is 21. The highest BCUT2D eigenvalue weighted by Gasteiger charge is 2.30. The summed E-state index contributed by atoms with van der Waals surface area (Å²) in [6, 6.07) is -0.868. The molecule has 10 heteroatoms. The van der Waals surface area contributed by atoms with Crippen LogP contribution in [-0.2, 0) is 27.9 Å². The zero-order valence-electron chi connectivity index (χ0n) is 56.3. The van der Waals surface area contributed by atoms with Crippen LogP contribution in [0, 0.1) is 0 Å². The number of esters is 1. The normalized spacial score (nSPS) is 14.4. The van der Waals surface area contributed by atoms with Crippen LogP contribution in [0.15, 0.2) is 134 Å². The van der Waals surface area contributed by atoms with Gasteiger partial charge in [0.15, 0.2) is 0 Å². The molecule has 0 heterocycles. The number of rotatable bonds is 62. The van der Waals surface area contributed by atoms with Gasteiger partial charge in [-0.25, -0.2) is 4.57 Å². The second-order valence-electron chi connectivity index (χ2n) is 24.3. The Morgan fingerprint density at radius 3 is 1.12 bits per heavy atom. The summed E-state index contributed by atoms with van der Waals surface area (Å²) in [5.74, 6) is -0.529. The maximum Gasteiger partial charge on any atom is 0.472 e. The van der Waals surface area contributed by atoms with Gasteiger partial charge in [-0.2, -0.15) is 0 Å². The van der Waals surface area contributed by atoms with E-state index in [2.05, 4.69) is 148 Å². The van der Waals surface area contributed by atoms with Crippen molar-refractivity contribution in [1.29, 1.82) is 0 Å². The molecule has 0 spiro atoms. The van der Waals surface area contributed by atoms with E-state index in [4.69, 9.17) is 13.8 Å². The van der Waals surface area contributed by atoms with Gasteiger partial charge in [0.25, 0.3) is 0 Å². The number of ether oxygens (including phenoxy) is 1. The van der Waals surface area contributed by atoms with Crippen molar-refractivity contribution < 1.29 is 37.3 Å². The first-order chi connectivity index (χ1) is 41.9. The van der Waals surface area contributed by atoms with Gasteiger partial charge in [0.2, 0.25) is 5.91 Å². The molecular formula is C76H132N2O7P+. The van der Waals surface area contributed by atoms with Crippen LogP contribution in [0.2, 0.25) is 0 Å². The standard InChI is InChI=1S/C76H131N2O7P/c1-7-10-13-16-19-22-25-28-30-32-34-36-38-39-41-43-45-47-49-51-54-57-60-63-66-69-76(80)85-74(67-64-61-58-55-52-27-24-21-18-15-12-9-3)73(72-84-86(81,82)83-71-70-78(4,5)6)77-75(79)68-65-62-59-56-53-50-48-46-44-42-40-37-35-33-31-29-26-23-20-17-14-11-8-2/h10-11,13-14,19-20,22-23,28-31,34-37,39,41-42,44,64,67,73-74H,7-9,12,15-18,21,24-27,32-33,38,40,43,45-63,65-66,68-72H2,1-6H3,(H-,77,79,81,82)/p+1/b13-10-,14-11-,22-19-,23-20-,30-28-,31-29-,36-34-,37-35-,41-39-,44-42-,67-64+. The largest absolute Gasteiger partial charge is 0.472 e. The number of likely N-dealkylation sites (N-methyl/N-ethyl adjacent to an activating group) is 1. The second kappa shape index (κ2) is 64.1. The van der Waals surface area contributed by atoms with E-state index < -0.39 is 20.0 Å². The minimum atomic E-state index is -4.47. The molecule has 9 nitrogen and oxygen atoms in total. The van der Waals surface area contributed by atoms with Gasteiger partial charge < -0.3 is 19.4 Å². The average Bonchev–Trinajstić information content (AvgIpc) is 3.65. The van der Waals surface area contributed by atoms with E-state index in [1.807, 2.05) is 33.3 Å². The molecule has 0 aromatic heterocycles. The monoisotopic (exact) mass is 1220 g/mol. The van der Waals surface area contributed by atoms with Gasteiger partial charge in [-0.05, 0) is 122 Å². The molecule has 492 valence electrons. The van der Waals surface area contributed by atoms with Crippen LogP contribution in [0.3, 0.4) is 0 Å². The van der Waals surface area contributed by atoms with Crippen molar-refractivity contribution >= 4 is 19.7 Å². The van der Waals surface area contributed by atoms with Crippen molar-refractivity contribution in [2.24, 2.45) is 0 Å². The van der Waals surface area contributed by atoms with E-state index in [-0.39, 0.29) is 31.5 Å². The lowest BCUT2D eigenvalue weighted by atomic mass is 10.0. The Kier molecular flexibility index (Phi) is 61.3. The average molecular weight is 1220 g/mol. The highest BCUT2D eigenvalue weighted by Crippen LogP contribution is 2.43. The smallest absolute Gasteiger partial charge is 0.456 e. The van der Waals surface area contributed by atoms with Crippen LogP contribution in [0.5, 0.6) is 0 Å². The van der Waals surface area contributed by atoms with Crippen LogP contribution in [0.25, 0.3) is 0 Å². The van der Waals surface area contributed by atoms with Crippen molar-refractivity contribution in [2.75, 3.05) is 40.9 Å². The van der Waals surface area contributed by atoms with Crippen LogP contribution in [0.1, 0.15) is 284 Å². The molecule has 0 radical (unpaired) electrons. The number of carbonyl (C=O) groups excluding carboxylic acids is 2. The Morgan fingerprint density at radius 1 is 0.419 bits per heavy atom. The molecule has 0 bridgehead atoms. The van der Waals surface area contributed by atoms with Gasteiger partial charge in [0.1, 0.15) is 19.3 Å². The molecule has 2 N–H and O–H groups in total. The summed E-state index contributed by atoms with van der Waals surface area (Å²) in [5, 5.41) is 3.06. The number of nitrogens with one attached hydrogen (secondary N) is 1. The molecule has 0 saturated heterocycles. The summed E-state index contributed by atoms with van der Waals surface area (Å²) in [5.41, 5.74) is 0. The predicted octanol–water partition coefficient (Wildman–Crippen LogP) is 22.4. The molecule has 0 saturated carbocycles. The van der Waals surface area contributed by atoms with Crippen LogP contribution in [-0.4, -0.2) is 74.3 Å². The molecule has 0 aromatic carbocycles. The quantitative estimate of drug-likeness (QED) is 0.0205. The summed E-state index contributed by atoms with van der Waals surface area (Å²) < 4.78 is 30.8. The molecule has 0 rings (SSSR count). The number of phosphoric acid groups is 1. The number of quaternary nitrogens is 1. The van der Waals surface area contributed by atoms with Crippen molar-refractivity contribution in [3.05, 3.63) is 134 Å². The molecule has 3 unspecified atom stereocenters. The number of amides is 1. The first-order valence-electron chi connectivity index (χ1n) is 35.0. The van der Waals surface area contributed by atoms with E-state index in [1.165, 1.54) is 103 Å². The van der Waals surface area contributed by atoms with Crippen molar-refractivity contribution in [2.45, 2.75) is 296 Å². The first kappa shape index (κ1) is 82.1. The summed E-state index contributed by atoms with van der Waals surface area (Å²) in [6.07, 6.45) is 91.7. The lowest BCUT2D eigenvalue weighted by Gasteiger charge is -2.27. The van der Waals surface area contributed by atoms with Gasteiger partial charge in [-0.1, -0.05) is 283 Å². The van der Waals surface area contributed by atoms with Crippen LogP contribution < -0.4 is 5.32 Å². The van der Waals surface area contributed by atoms with E-state index in [0.717, 1.165) is 148 Å². The lowest BCUT2D eigenvalue weighted by Crippen LogP contribution is -2.47. The summed E-state index contributed by atoms with van der Waals surface area (Å²) >= 11 is 0. The molecule has 86 heavy (non-hydrogen) atoms. The third kappa shape index (κ3) is 64.6.